The zero-order chi connectivity index (χ0) is 27.2. The van der Waals surface area contributed by atoms with E-state index in [1.807, 2.05) is 35.2 Å². The highest BCUT2D eigenvalue weighted by Crippen LogP contribution is 2.31. The number of benzene rings is 3. The Morgan fingerprint density at radius 2 is 1.63 bits per heavy atom. The molecular formula is C28H28BrN3O5S. The van der Waals surface area contributed by atoms with E-state index in [2.05, 4.69) is 21.2 Å². The van der Waals surface area contributed by atoms with Crippen molar-refractivity contribution >= 4 is 56.4 Å². The van der Waals surface area contributed by atoms with Crippen LogP contribution in [0.5, 0.6) is 17.2 Å². The minimum Gasteiger partial charge on any atom is -0.497 e. The number of anilines is 2. The van der Waals surface area contributed by atoms with Crippen molar-refractivity contribution in [3.63, 3.8) is 0 Å². The van der Waals surface area contributed by atoms with Crippen LogP contribution in [0, 0.1) is 0 Å². The van der Waals surface area contributed by atoms with Crippen molar-refractivity contribution in [2.24, 2.45) is 0 Å². The first-order chi connectivity index (χ1) is 18.3. The van der Waals surface area contributed by atoms with Gasteiger partial charge in [0.2, 0.25) is 5.91 Å². The lowest BCUT2D eigenvalue weighted by molar-refractivity contribution is -0.124. The van der Waals surface area contributed by atoms with Crippen LogP contribution >= 0.6 is 28.1 Å². The quantitative estimate of drug-likeness (QED) is 0.328. The van der Waals surface area contributed by atoms with Gasteiger partial charge in [0.15, 0.2) is 16.6 Å². The van der Waals surface area contributed by atoms with E-state index in [0.29, 0.717) is 46.7 Å². The number of nitrogens with zero attached hydrogens (tertiary/aromatic N) is 2. The van der Waals surface area contributed by atoms with Crippen molar-refractivity contribution in [1.29, 1.82) is 0 Å². The highest BCUT2D eigenvalue weighted by atomic mass is 79.9. The van der Waals surface area contributed by atoms with Crippen molar-refractivity contribution in [3.8, 4) is 17.2 Å². The fourth-order valence-electron chi connectivity index (χ4n) is 4.26. The molecule has 38 heavy (non-hydrogen) atoms. The minimum absolute atomic E-state index is 0.0480. The van der Waals surface area contributed by atoms with Crippen molar-refractivity contribution in [2.45, 2.75) is 18.9 Å². The first kappa shape index (κ1) is 27.4. The Bertz CT molecular complexity index is 1320. The number of halogens is 1. The Kier molecular flexibility index (Phi) is 8.85. The van der Waals surface area contributed by atoms with E-state index in [-0.39, 0.29) is 18.2 Å². The molecule has 10 heteroatoms. The maximum absolute atomic E-state index is 13.7. The maximum Gasteiger partial charge on any atom is 0.256 e. The molecule has 4 rings (SSSR count). The van der Waals surface area contributed by atoms with Crippen LogP contribution in [-0.4, -0.2) is 55.7 Å². The van der Waals surface area contributed by atoms with Crippen LogP contribution in [-0.2, 0) is 16.0 Å². The average Bonchev–Trinajstić information content (AvgIpc) is 3.16. The molecule has 1 aliphatic rings. The predicted octanol–water partition coefficient (Wildman–Crippen LogP) is 5.05. The fourth-order valence-corrected chi connectivity index (χ4v) is 4.94. The molecule has 0 bridgehead atoms. The number of thiocarbonyl (C=S) groups is 1. The zero-order valence-electron chi connectivity index (χ0n) is 21.3. The van der Waals surface area contributed by atoms with Gasteiger partial charge in [0, 0.05) is 16.7 Å². The van der Waals surface area contributed by atoms with Gasteiger partial charge in [0.25, 0.3) is 5.91 Å². The smallest absolute Gasteiger partial charge is 0.256 e. The number of ether oxygens (including phenoxy) is 3. The van der Waals surface area contributed by atoms with Gasteiger partial charge in [-0.25, -0.2) is 0 Å². The van der Waals surface area contributed by atoms with Crippen LogP contribution in [0.15, 0.2) is 71.2 Å². The van der Waals surface area contributed by atoms with Crippen LogP contribution in [0.1, 0.15) is 12.0 Å². The summed E-state index contributed by atoms with van der Waals surface area (Å²) in [4.78, 5) is 30.0. The second-order valence-electron chi connectivity index (χ2n) is 8.56. The lowest BCUT2D eigenvalue weighted by Crippen LogP contribution is -2.39. The second-order valence-corrected chi connectivity index (χ2v) is 9.84. The summed E-state index contributed by atoms with van der Waals surface area (Å²) < 4.78 is 16.9. The highest BCUT2D eigenvalue weighted by Gasteiger charge is 2.44. The molecule has 1 aliphatic heterocycles. The molecule has 0 aliphatic carbocycles. The van der Waals surface area contributed by atoms with Gasteiger partial charge in [-0.3, -0.25) is 14.5 Å². The van der Waals surface area contributed by atoms with E-state index < -0.39 is 6.04 Å². The number of methoxy groups -OCH3 is 3. The summed E-state index contributed by atoms with van der Waals surface area (Å²) in [6, 6.07) is 19.3. The topological polar surface area (TPSA) is 80.3 Å². The Morgan fingerprint density at radius 3 is 2.26 bits per heavy atom. The van der Waals surface area contributed by atoms with Gasteiger partial charge in [0.05, 0.1) is 33.4 Å². The molecule has 0 aromatic heterocycles. The van der Waals surface area contributed by atoms with E-state index in [4.69, 9.17) is 26.4 Å². The van der Waals surface area contributed by atoms with Crippen LogP contribution < -0.4 is 24.4 Å². The van der Waals surface area contributed by atoms with E-state index in [9.17, 15) is 9.59 Å². The molecular weight excluding hydrogens is 570 g/mol. The largest absolute Gasteiger partial charge is 0.497 e. The van der Waals surface area contributed by atoms with Gasteiger partial charge in [-0.2, -0.15) is 0 Å². The molecule has 3 aromatic carbocycles. The third-order valence-corrected chi connectivity index (χ3v) is 7.19. The van der Waals surface area contributed by atoms with Crippen LogP contribution in [0.3, 0.4) is 0 Å². The molecule has 8 nitrogen and oxygen atoms in total. The van der Waals surface area contributed by atoms with E-state index in [1.54, 1.807) is 57.7 Å². The van der Waals surface area contributed by atoms with Gasteiger partial charge in [0.1, 0.15) is 11.8 Å². The standard InChI is InChI=1S/C28H28BrN3O5S/c1-35-22-11-9-21(10-12-22)32-27(34)23(17-26(33)30-20-7-5-19(29)6-8-20)31(28(32)38)15-14-18-4-13-24(36-2)25(16-18)37-3/h4-13,16,23H,14-15,17H2,1-3H3,(H,30,33). The zero-order valence-corrected chi connectivity index (χ0v) is 23.7. The van der Waals surface area contributed by atoms with Gasteiger partial charge in [-0.15, -0.1) is 0 Å². The summed E-state index contributed by atoms with van der Waals surface area (Å²) in [7, 11) is 4.75. The van der Waals surface area contributed by atoms with Crippen LogP contribution in [0.2, 0.25) is 0 Å². The molecule has 1 fully saturated rings. The summed E-state index contributed by atoms with van der Waals surface area (Å²) in [5, 5.41) is 3.22. The number of rotatable bonds is 10. The molecule has 1 atom stereocenters. The SMILES string of the molecule is COc1ccc(N2C(=O)C(CC(=O)Nc3ccc(Br)cc3)N(CCc3ccc(OC)c(OC)c3)C2=S)cc1. The Labute approximate surface area is 235 Å². The molecule has 2 amide bonds. The van der Waals surface area contributed by atoms with Crippen LogP contribution in [0.4, 0.5) is 11.4 Å². The van der Waals surface area contributed by atoms with Gasteiger partial charge in [-0.1, -0.05) is 22.0 Å². The third-order valence-electron chi connectivity index (χ3n) is 6.25. The molecule has 198 valence electrons. The highest BCUT2D eigenvalue weighted by molar-refractivity contribution is 9.10. The lowest BCUT2D eigenvalue weighted by Gasteiger charge is -2.24. The van der Waals surface area contributed by atoms with E-state index >= 15 is 0 Å². The molecule has 0 radical (unpaired) electrons. The number of nitrogens with one attached hydrogen (secondary N) is 1. The van der Waals surface area contributed by atoms with Crippen molar-refractivity contribution < 1.29 is 23.8 Å². The van der Waals surface area contributed by atoms with Crippen molar-refractivity contribution in [1.82, 2.24) is 4.90 Å². The van der Waals surface area contributed by atoms with Crippen LogP contribution in [0.25, 0.3) is 0 Å². The molecule has 1 heterocycles. The van der Waals surface area contributed by atoms with Crippen molar-refractivity contribution in [3.05, 3.63) is 76.8 Å². The first-order valence-electron chi connectivity index (χ1n) is 11.9. The normalized spacial score (nSPS) is 15.0. The second kappa shape index (κ2) is 12.3. The third kappa shape index (κ3) is 6.08. The Balaban J connectivity index is 1.56. The minimum atomic E-state index is -0.750. The average molecular weight is 599 g/mol. The summed E-state index contributed by atoms with van der Waals surface area (Å²) in [5.41, 5.74) is 2.25. The number of hydrogen-bond donors (Lipinski definition) is 1. The molecule has 0 saturated carbocycles. The molecule has 1 unspecified atom stereocenters. The number of hydrogen-bond acceptors (Lipinski definition) is 6. The van der Waals surface area contributed by atoms with Gasteiger partial charge < -0.3 is 24.4 Å². The summed E-state index contributed by atoms with van der Waals surface area (Å²) in [6.07, 6.45) is 0.530. The molecule has 1 N–H and O–H groups in total. The monoisotopic (exact) mass is 597 g/mol. The van der Waals surface area contributed by atoms with Crippen molar-refractivity contribution in [2.75, 3.05) is 38.1 Å². The molecule has 1 saturated heterocycles. The predicted molar refractivity (Wildman–Crippen MR) is 154 cm³/mol. The van der Waals surface area contributed by atoms with E-state index in [1.165, 1.54) is 4.90 Å². The van der Waals surface area contributed by atoms with E-state index in [0.717, 1.165) is 10.0 Å². The Morgan fingerprint density at radius 1 is 0.947 bits per heavy atom. The summed E-state index contributed by atoms with van der Waals surface area (Å²) in [6.45, 7) is 0.433. The van der Waals surface area contributed by atoms with Gasteiger partial charge >= 0.3 is 0 Å². The number of amides is 2. The number of carbonyl (C=O) groups is 2. The summed E-state index contributed by atoms with van der Waals surface area (Å²) in [5.74, 6) is 1.40. The molecule has 3 aromatic rings. The summed E-state index contributed by atoms with van der Waals surface area (Å²) >= 11 is 9.17. The lowest BCUT2D eigenvalue weighted by atomic mass is 10.1. The maximum atomic E-state index is 13.7. The number of carbonyl (C=O) groups excluding carboxylic acids is 2. The molecule has 0 spiro atoms. The fraction of sp³-hybridized carbons (Fsp3) is 0.250. The first-order valence-corrected chi connectivity index (χ1v) is 13.1. The Hall–Kier alpha value is -3.63. The van der Waals surface area contributed by atoms with Gasteiger partial charge in [-0.05, 0) is 84.9 Å².